The minimum absolute atomic E-state index is 0.0292. The van der Waals surface area contributed by atoms with Gasteiger partial charge in [-0.25, -0.2) is 0 Å². The Hall–Kier alpha value is -0.420. The van der Waals surface area contributed by atoms with Crippen LogP contribution in [0.4, 0.5) is 0 Å². The van der Waals surface area contributed by atoms with Crippen LogP contribution in [0.1, 0.15) is 10.4 Å². The first kappa shape index (κ1) is 11.7. The molecule has 4 heteroatoms. The summed E-state index contributed by atoms with van der Waals surface area (Å²) in [5, 5.41) is 14.3. The van der Waals surface area contributed by atoms with Crippen LogP contribution in [-0.4, -0.2) is 31.5 Å². The van der Waals surface area contributed by atoms with Crippen molar-refractivity contribution in [2.75, 3.05) is 20.3 Å². The lowest BCUT2D eigenvalue weighted by molar-refractivity contribution is 0.128. The van der Waals surface area contributed by atoms with Crippen molar-refractivity contribution in [1.82, 2.24) is 5.32 Å². The average molecular weight is 215 g/mol. The van der Waals surface area contributed by atoms with Gasteiger partial charge in [-0.3, -0.25) is 0 Å². The zero-order chi connectivity index (χ0) is 10.4. The first-order valence-corrected chi connectivity index (χ1v) is 5.52. The van der Waals surface area contributed by atoms with Crippen LogP contribution in [0.3, 0.4) is 0 Å². The second-order valence-corrected chi connectivity index (χ2v) is 4.24. The molecule has 3 nitrogen and oxygen atoms in total. The number of aliphatic hydroxyl groups is 1. The van der Waals surface area contributed by atoms with Gasteiger partial charge in [-0.2, -0.15) is 0 Å². The highest BCUT2D eigenvalue weighted by atomic mass is 32.1. The summed E-state index contributed by atoms with van der Waals surface area (Å²) in [5.41, 5.74) is 1.30. The third kappa shape index (κ3) is 3.38. The Labute approximate surface area is 88.7 Å². The first-order valence-electron chi connectivity index (χ1n) is 4.64. The zero-order valence-corrected chi connectivity index (χ0v) is 9.43. The molecule has 14 heavy (non-hydrogen) atoms. The summed E-state index contributed by atoms with van der Waals surface area (Å²) < 4.78 is 4.98. The third-order valence-electron chi connectivity index (χ3n) is 2.11. The van der Waals surface area contributed by atoms with E-state index in [1.807, 2.05) is 0 Å². The molecule has 2 N–H and O–H groups in total. The van der Waals surface area contributed by atoms with Crippen molar-refractivity contribution in [3.63, 3.8) is 0 Å². The van der Waals surface area contributed by atoms with E-state index in [0.717, 1.165) is 6.54 Å². The van der Waals surface area contributed by atoms with Crippen molar-refractivity contribution >= 4 is 11.3 Å². The molecule has 0 spiro atoms. The predicted molar refractivity (Wildman–Crippen MR) is 58.6 cm³/mol. The molecule has 0 radical (unpaired) electrons. The van der Waals surface area contributed by atoms with Gasteiger partial charge in [-0.15, -0.1) is 11.3 Å². The number of methoxy groups -OCH3 is 1. The number of hydrogen-bond donors (Lipinski definition) is 2. The Morgan fingerprint density at radius 3 is 2.93 bits per heavy atom. The number of aliphatic hydroxyl groups excluding tert-OH is 1. The highest BCUT2D eigenvalue weighted by Crippen LogP contribution is 2.14. The molecule has 1 aromatic heterocycles. The fourth-order valence-corrected chi connectivity index (χ4v) is 2.06. The van der Waals surface area contributed by atoms with E-state index in [1.165, 1.54) is 10.4 Å². The van der Waals surface area contributed by atoms with Crippen LogP contribution in [-0.2, 0) is 11.3 Å². The Morgan fingerprint density at radius 2 is 2.43 bits per heavy atom. The lowest BCUT2D eigenvalue weighted by Crippen LogP contribution is -2.35. The molecule has 1 unspecified atom stereocenters. The maximum Gasteiger partial charge on any atom is 0.0638 e. The maximum atomic E-state index is 9.02. The standard InChI is InChI=1S/C10H17NO2S/c1-8-3-4-14-10(8)5-11-9(6-12)7-13-2/h3-4,9,11-12H,5-7H2,1-2H3. The van der Waals surface area contributed by atoms with E-state index in [2.05, 4.69) is 23.7 Å². The number of thiophene rings is 1. The number of aryl methyl sites for hydroxylation is 1. The van der Waals surface area contributed by atoms with E-state index in [9.17, 15) is 0 Å². The maximum absolute atomic E-state index is 9.02. The summed E-state index contributed by atoms with van der Waals surface area (Å²) in [6, 6.07) is 2.13. The molecule has 0 saturated heterocycles. The van der Waals surface area contributed by atoms with Crippen LogP contribution in [0, 0.1) is 6.92 Å². The van der Waals surface area contributed by atoms with Crippen LogP contribution >= 0.6 is 11.3 Å². The van der Waals surface area contributed by atoms with Gasteiger partial charge in [-0.1, -0.05) is 0 Å². The van der Waals surface area contributed by atoms with E-state index >= 15 is 0 Å². The van der Waals surface area contributed by atoms with Crippen LogP contribution < -0.4 is 5.32 Å². The number of rotatable bonds is 6. The molecule has 0 saturated carbocycles. The predicted octanol–water partition coefficient (Wildman–Crippen LogP) is 1.15. The van der Waals surface area contributed by atoms with Gasteiger partial charge in [0.25, 0.3) is 0 Å². The van der Waals surface area contributed by atoms with Crippen molar-refractivity contribution in [3.8, 4) is 0 Å². The molecule has 0 aliphatic carbocycles. The van der Waals surface area contributed by atoms with Crippen molar-refractivity contribution in [2.45, 2.75) is 19.5 Å². The van der Waals surface area contributed by atoms with Crippen molar-refractivity contribution in [1.29, 1.82) is 0 Å². The van der Waals surface area contributed by atoms with Crippen LogP contribution in [0.15, 0.2) is 11.4 Å². The molecular weight excluding hydrogens is 198 g/mol. The van der Waals surface area contributed by atoms with Gasteiger partial charge in [0.05, 0.1) is 19.3 Å². The van der Waals surface area contributed by atoms with Crippen LogP contribution in [0.2, 0.25) is 0 Å². The van der Waals surface area contributed by atoms with Crippen LogP contribution in [0.5, 0.6) is 0 Å². The first-order chi connectivity index (χ1) is 6.77. The van der Waals surface area contributed by atoms with Crippen molar-refractivity contribution in [3.05, 3.63) is 21.9 Å². The molecule has 80 valence electrons. The molecule has 0 bridgehead atoms. The number of nitrogens with one attached hydrogen (secondary N) is 1. The van der Waals surface area contributed by atoms with E-state index in [1.54, 1.807) is 18.4 Å². The molecule has 1 rings (SSSR count). The second-order valence-electron chi connectivity index (χ2n) is 3.24. The summed E-state index contributed by atoms with van der Waals surface area (Å²) in [6.07, 6.45) is 0. The van der Waals surface area contributed by atoms with Gasteiger partial charge in [0.15, 0.2) is 0 Å². The van der Waals surface area contributed by atoms with Gasteiger partial charge in [-0.05, 0) is 23.9 Å². The van der Waals surface area contributed by atoms with Gasteiger partial charge in [0.2, 0.25) is 0 Å². The number of hydrogen-bond acceptors (Lipinski definition) is 4. The molecule has 0 aliphatic heterocycles. The summed E-state index contributed by atoms with van der Waals surface area (Å²) in [7, 11) is 1.64. The van der Waals surface area contributed by atoms with Gasteiger partial charge in [0.1, 0.15) is 0 Å². The van der Waals surface area contributed by atoms with E-state index in [4.69, 9.17) is 9.84 Å². The molecular formula is C10H17NO2S. The number of ether oxygens (including phenoxy) is 1. The smallest absolute Gasteiger partial charge is 0.0638 e. The zero-order valence-electron chi connectivity index (χ0n) is 8.62. The Morgan fingerprint density at radius 1 is 1.64 bits per heavy atom. The molecule has 0 aliphatic rings. The molecule has 1 atom stereocenters. The highest BCUT2D eigenvalue weighted by Gasteiger charge is 2.07. The molecule has 0 fully saturated rings. The average Bonchev–Trinajstić information content (AvgIpc) is 2.59. The minimum atomic E-state index is 0.0292. The Bertz CT molecular complexity index is 262. The normalized spacial score (nSPS) is 13.1. The SMILES string of the molecule is COCC(CO)NCc1sccc1C. The molecule has 1 aromatic rings. The Kier molecular flexibility index (Phi) is 5.11. The second kappa shape index (κ2) is 6.14. The molecule has 0 aromatic carbocycles. The molecule has 1 heterocycles. The van der Waals surface area contributed by atoms with E-state index in [0.29, 0.717) is 6.61 Å². The van der Waals surface area contributed by atoms with Crippen molar-refractivity contribution in [2.24, 2.45) is 0 Å². The highest BCUT2D eigenvalue weighted by molar-refractivity contribution is 7.10. The fourth-order valence-electron chi connectivity index (χ4n) is 1.20. The topological polar surface area (TPSA) is 41.5 Å². The largest absolute Gasteiger partial charge is 0.395 e. The fraction of sp³-hybridized carbons (Fsp3) is 0.600. The third-order valence-corrected chi connectivity index (χ3v) is 3.13. The van der Waals surface area contributed by atoms with Gasteiger partial charge >= 0.3 is 0 Å². The van der Waals surface area contributed by atoms with E-state index in [-0.39, 0.29) is 12.6 Å². The Balaban J connectivity index is 2.35. The summed E-state index contributed by atoms with van der Waals surface area (Å²) in [5.74, 6) is 0. The summed E-state index contributed by atoms with van der Waals surface area (Å²) in [6.45, 7) is 3.55. The monoisotopic (exact) mass is 215 g/mol. The lowest BCUT2D eigenvalue weighted by atomic mass is 10.2. The molecule has 0 amide bonds. The van der Waals surface area contributed by atoms with Crippen LogP contribution in [0.25, 0.3) is 0 Å². The minimum Gasteiger partial charge on any atom is -0.395 e. The van der Waals surface area contributed by atoms with Gasteiger partial charge < -0.3 is 15.2 Å². The lowest BCUT2D eigenvalue weighted by Gasteiger charge is -2.14. The summed E-state index contributed by atoms with van der Waals surface area (Å²) >= 11 is 1.74. The quantitative estimate of drug-likeness (QED) is 0.748. The van der Waals surface area contributed by atoms with Gasteiger partial charge in [0, 0.05) is 18.5 Å². The summed E-state index contributed by atoms with van der Waals surface area (Å²) in [4.78, 5) is 1.32. The van der Waals surface area contributed by atoms with Crippen molar-refractivity contribution < 1.29 is 9.84 Å². The van der Waals surface area contributed by atoms with E-state index < -0.39 is 0 Å².